The Hall–Kier alpha value is -2.90. The van der Waals surface area contributed by atoms with Gasteiger partial charge in [-0.1, -0.05) is 41.9 Å². The lowest BCUT2D eigenvalue weighted by molar-refractivity contribution is 0.103. The summed E-state index contributed by atoms with van der Waals surface area (Å²) in [6.07, 6.45) is 0. The van der Waals surface area contributed by atoms with Crippen LogP contribution in [0.3, 0.4) is 0 Å². The van der Waals surface area contributed by atoms with Gasteiger partial charge < -0.3 is 4.74 Å². The Kier molecular flexibility index (Phi) is 5.67. The summed E-state index contributed by atoms with van der Waals surface area (Å²) in [5, 5.41) is 0.276. The van der Waals surface area contributed by atoms with E-state index in [1.165, 1.54) is 37.4 Å². The first-order valence-electron chi connectivity index (χ1n) is 8.07. The largest absolute Gasteiger partial charge is 0.494 e. The van der Waals surface area contributed by atoms with Crippen LogP contribution in [0.25, 0.3) is 0 Å². The summed E-state index contributed by atoms with van der Waals surface area (Å²) >= 11 is 6.00. The first-order chi connectivity index (χ1) is 13.3. The van der Waals surface area contributed by atoms with Crippen LogP contribution in [0, 0.1) is 5.82 Å². The number of hydrogen-bond acceptors (Lipinski definition) is 4. The van der Waals surface area contributed by atoms with Crippen molar-refractivity contribution < 1.29 is 22.3 Å². The zero-order valence-electron chi connectivity index (χ0n) is 14.6. The molecule has 28 heavy (non-hydrogen) atoms. The van der Waals surface area contributed by atoms with Crippen LogP contribution in [-0.4, -0.2) is 21.3 Å². The molecule has 5 nitrogen and oxygen atoms in total. The molecule has 0 aliphatic carbocycles. The minimum atomic E-state index is -4.15. The highest BCUT2D eigenvalue weighted by atomic mass is 35.5. The molecule has 0 fully saturated rings. The number of benzene rings is 3. The fraction of sp³-hybridized carbons (Fsp3) is 0.0500. The van der Waals surface area contributed by atoms with E-state index in [1.807, 2.05) is 0 Å². The Morgan fingerprint density at radius 3 is 2.39 bits per heavy atom. The van der Waals surface area contributed by atoms with Crippen LogP contribution in [0.1, 0.15) is 15.9 Å². The number of sulfonamides is 1. The monoisotopic (exact) mass is 419 g/mol. The molecule has 3 rings (SSSR count). The van der Waals surface area contributed by atoms with Crippen molar-refractivity contribution in [2.24, 2.45) is 0 Å². The Morgan fingerprint density at radius 1 is 1.04 bits per heavy atom. The van der Waals surface area contributed by atoms with Gasteiger partial charge in [-0.2, -0.15) is 0 Å². The van der Waals surface area contributed by atoms with Gasteiger partial charge in [0.05, 0.1) is 17.7 Å². The van der Waals surface area contributed by atoms with E-state index in [0.29, 0.717) is 5.56 Å². The standard InChI is InChI=1S/C20H15ClFNO4S/c1-27-19-10-8-15(12-17(19)22)28(25,26)23-18-9-7-14(21)11-16(18)20(24)13-5-3-2-4-6-13/h2-12,23H,1H3. The molecule has 0 aliphatic rings. The van der Waals surface area contributed by atoms with Gasteiger partial charge >= 0.3 is 0 Å². The molecule has 0 saturated heterocycles. The fourth-order valence-corrected chi connectivity index (χ4v) is 3.82. The minimum absolute atomic E-state index is 0.0366. The fourth-order valence-electron chi connectivity index (χ4n) is 2.56. The first-order valence-corrected chi connectivity index (χ1v) is 9.93. The van der Waals surface area contributed by atoms with Crippen LogP contribution in [0.2, 0.25) is 5.02 Å². The normalized spacial score (nSPS) is 11.1. The summed E-state index contributed by atoms with van der Waals surface area (Å²) in [6, 6.07) is 15.9. The summed E-state index contributed by atoms with van der Waals surface area (Å²) in [5.41, 5.74) is 0.492. The molecular weight excluding hydrogens is 405 g/mol. The molecule has 0 radical (unpaired) electrons. The number of halogens is 2. The second-order valence-corrected chi connectivity index (χ2v) is 7.91. The highest BCUT2D eigenvalue weighted by Gasteiger charge is 2.21. The number of nitrogens with one attached hydrogen (secondary N) is 1. The van der Waals surface area contributed by atoms with Crippen LogP contribution in [0.5, 0.6) is 5.75 Å². The molecule has 1 N–H and O–H groups in total. The molecule has 0 amide bonds. The lowest BCUT2D eigenvalue weighted by Crippen LogP contribution is -2.16. The number of ether oxygens (including phenoxy) is 1. The van der Waals surface area contributed by atoms with E-state index in [1.54, 1.807) is 30.3 Å². The van der Waals surface area contributed by atoms with Crippen molar-refractivity contribution in [1.82, 2.24) is 0 Å². The van der Waals surface area contributed by atoms with Crippen LogP contribution in [-0.2, 0) is 10.0 Å². The van der Waals surface area contributed by atoms with Gasteiger partial charge in [-0.15, -0.1) is 0 Å². The highest BCUT2D eigenvalue weighted by Crippen LogP contribution is 2.27. The second kappa shape index (κ2) is 8.00. The molecule has 0 heterocycles. The van der Waals surface area contributed by atoms with Crippen molar-refractivity contribution in [1.29, 1.82) is 0 Å². The predicted octanol–water partition coefficient (Wildman–Crippen LogP) is 4.52. The van der Waals surface area contributed by atoms with Gasteiger partial charge in [0.1, 0.15) is 0 Å². The van der Waals surface area contributed by atoms with Gasteiger partial charge in [0.15, 0.2) is 17.3 Å². The summed E-state index contributed by atoms with van der Waals surface area (Å²) in [5.74, 6) is -1.30. The first kappa shape index (κ1) is 19.9. The number of ketones is 1. The third kappa shape index (κ3) is 4.16. The SMILES string of the molecule is COc1ccc(S(=O)(=O)Nc2ccc(Cl)cc2C(=O)c2ccccc2)cc1F. The average Bonchev–Trinajstić information content (AvgIpc) is 2.69. The summed E-state index contributed by atoms with van der Waals surface area (Å²) in [6.45, 7) is 0. The number of methoxy groups -OCH3 is 1. The number of carbonyl (C=O) groups is 1. The van der Waals surface area contributed by atoms with Crippen molar-refractivity contribution in [3.8, 4) is 5.75 Å². The van der Waals surface area contributed by atoms with Gasteiger partial charge in [-0.3, -0.25) is 9.52 Å². The molecule has 0 atom stereocenters. The van der Waals surface area contributed by atoms with Crippen LogP contribution in [0.15, 0.2) is 71.6 Å². The van der Waals surface area contributed by atoms with Crippen LogP contribution < -0.4 is 9.46 Å². The third-order valence-electron chi connectivity index (χ3n) is 3.94. The molecule has 3 aromatic rings. The number of carbonyl (C=O) groups excluding carboxylic acids is 1. The molecule has 0 unspecified atom stereocenters. The molecule has 0 aromatic heterocycles. The van der Waals surface area contributed by atoms with E-state index in [4.69, 9.17) is 16.3 Å². The second-order valence-electron chi connectivity index (χ2n) is 5.79. The van der Waals surface area contributed by atoms with Crippen molar-refractivity contribution in [2.45, 2.75) is 4.90 Å². The van der Waals surface area contributed by atoms with Gasteiger partial charge in [0.2, 0.25) is 0 Å². The van der Waals surface area contributed by atoms with Gasteiger partial charge in [0, 0.05) is 16.1 Å². The lowest BCUT2D eigenvalue weighted by Gasteiger charge is -2.13. The highest BCUT2D eigenvalue weighted by molar-refractivity contribution is 7.92. The molecule has 0 aliphatic heterocycles. The summed E-state index contributed by atoms with van der Waals surface area (Å²) < 4.78 is 46.4. The maximum absolute atomic E-state index is 13.9. The summed E-state index contributed by atoms with van der Waals surface area (Å²) in [4.78, 5) is 12.5. The zero-order chi connectivity index (χ0) is 20.3. The maximum atomic E-state index is 13.9. The van der Waals surface area contributed by atoms with E-state index in [9.17, 15) is 17.6 Å². The van der Waals surface area contributed by atoms with Crippen LogP contribution >= 0.6 is 11.6 Å². The van der Waals surface area contributed by atoms with Gasteiger partial charge in [-0.25, -0.2) is 12.8 Å². The molecule has 0 spiro atoms. The van der Waals surface area contributed by atoms with Gasteiger partial charge in [0.25, 0.3) is 10.0 Å². The predicted molar refractivity (Wildman–Crippen MR) is 105 cm³/mol. The minimum Gasteiger partial charge on any atom is -0.494 e. The van der Waals surface area contributed by atoms with Gasteiger partial charge in [-0.05, 0) is 36.4 Å². The Labute approximate surface area is 166 Å². The number of hydrogen-bond donors (Lipinski definition) is 1. The quantitative estimate of drug-likeness (QED) is 0.596. The Bertz CT molecular complexity index is 1130. The molecule has 144 valence electrons. The zero-order valence-corrected chi connectivity index (χ0v) is 16.2. The molecule has 0 saturated carbocycles. The van der Waals surface area contributed by atoms with Crippen molar-refractivity contribution in [3.63, 3.8) is 0 Å². The van der Waals surface area contributed by atoms with E-state index in [0.717, 1.165) is 6.07 Å². The summed E-state index contributed by atoms with van der Waals surface area (Å²) in [7, 11) is -2.87. The third-order valence-corrected chi connectivity index (χ3v) is 5.54. The van der Waals surface area contributed by atoms with Crippen LogP contribution in [0.4, 0.5) is 10.1 Å². The Balaban J connectivity index is 2.00. The van der Waals surface area contributed by atoms with E-state index in [-0.39, 0.29) is 26.9 Å². The smallest absolute Gasteiger partial charge is 0.262 e. The molecule has 0 bridgehead atoms. The van der Waals surface area contributed by atoms with Crippen molar-refractivity contribution in [2.75, 3.05) is 11.8 Å². The topological polar surface area (TPSA) is 72.5 Å². The number of anilines is 1. The maximum Gasteiger partial charge on any atom is 0.262 e. The average molecular weight is 420 g/mol. The molecular formula is C20H15ClFNO4S. The van der Waals surface area contributed by atoms with Crippen molar-refractivity contribution in [3.05, 3.63) is 88.7 Å². The molecule has 3 aromatic carbocycles. The van der Waals surface area contributed by atoms with Crippen molar-refractivity contribution >= 4 is 33.1 Å². The number of rotatable bonds is 6. The molecule has 8 heteroatoms. The Morgan fingerprint density at radius 2 is 1.75 bits per heavy atom. The van der Waals surface area contributed by atoms with E-state index >= 15 is 0 Å². The van der Waals surface area contributed by atoms with E-state index in [2.05, 4.69) is 4.72 Å². The van der Waals surface area contributed by atoms with E-state index < -0.39 is 21.6 Å². The lowest BCUT2D eigenvalue weighted by atomic mass is 10.0.